The number of aromatic nitrogens is 4. The zero-order valence-electron chi connectivity index (χ0n) is 25.4. The van der Waals surface area contributed by atoms with Crippen molar-refractivity contribution in [2.45, 2.75) is 47.3 Å². The fourth-order valence-corrected chi connectivity index (χ4v) is 7.10. The van der Waals surface area contributed by atoms with Gasteiger partial charge in [0.25, 0.3) is 10.0 Å². The van der Waals surface area contributed by atoms with Gasteiger partial charge in [-0.3, -0.25) is 0 Å². The highest BCUT2D eigenvalue weighted by molar-refractivity contribution is 7.92. The van der Waals surface area contributed by atoms with Gasteiger partial charge in [0.05, 0.1) is 54.4 Å². The minimum Gasteiger partial charge on any atom is -0.345 e. The van der Waals surface area contributed by atoms with Gasteiger partial charge in [-0.25, -0.2) is 22.8 Å². The van der Waals surface area contributed by atoms with Crippen molar-refractivity contribution in [3.05, 3.63) is 65.6 Å². The average Bonchev–Trinajstić information content (AvgIpc) is 3.60. The van der Waals surface area contributed by atoms with Crippen molar-refractivity contribution in [2.24, 2.45) is 0 Å². The zero-order chi connectivity index (χ0) is 31.9. The molecule has 10 nitrogen and oxygen atoms in total. The first-order valence-corrected chi connectivity index (χ1v) is 15.8. The molecule has 0 N–H and O–H groups in total. The second-order valence-corrected chi connectivity index (χ2v) is 14.6. The van der Waals surface area contributed by atoms with Crippen molar-refractivity contribution < 1.29 is 26.7 Å². The molecule has 0 bridgehead atoms. The molecule has 40 heavy (non-hydrogen) atoms. The molecule has 14 heteroatoms. The van der Waals surface area contributed by atoms with Gasteiger partial charge in [0, 0.05) is 19.6 Å². The minimum atomic E-state index is -4.92. The second-order valence-electron chi connectivity index (χ2n) is 10.1. The first-order chi connectivity index (χ1) is 20.6. The minimum absolute atomic E-state index is 0.0448. The first-order valence-electron chi connectivity index (χ1n) is 14.4. The molecule has 0 amide bonds. The van der Waals surface area contributed by atoms with E-state index in [2.05, 4.69) is 15.1 Å². The number of piperazine rings is 1. The van der Waals surface area contributed by atoms with Crippen LogP contribution in [0.5, 0.6) is 0 Å². The molecule has 0 unspecified atom stereocenters. The summed E-state index contributed by atoms with van der Waals surface area (Å²) in [7, 11) is -9.20. The van der Waals surface area contributed by atoms with Crippen molar-refractivity contribution >= 4 is 54.1 Å². The molecule has 1 saturated heterocycles. The molecule has 210 valence electrons. The monoisotopic (exact) mass is 608 g/mol. The summed E-state index contributed by atoms with van der Waals surface area (Å²) in [5.41, 5.74) is -0.426. The average molecular weight is 609 g/mol. The molecule has 6 rings (SSSR count). The molecule has 0 radical (unpaired) electrons. The Morgan fingerprint density at radius 2 is 1.68 bits per heavy atom. The van der Waals surface area contributed by atoms with Crippen molar-refractivity contribution in [3.63, 3.8) is 0 Å². The van der Waals surface area contributed by atoms with Gasteiger partial charge in [-0.05, 0) is 63.0 Å². The van der Waals surface area contributed by atoms with E-state index in [0.29, 0.717) is 35.1 Å². The van der Waals surface area contributed by atoms with Crippen LogP contribution in [0.4, 0.5) is 16.2 Å². The molecule has 0 atom stereocenters. The maximum atomic E-state index is 14.2. The maximum Gasteiger partial charge on any atom is 0.283 e. The number of anilines is 2. The highest BCUT2D eigenvalue weighted by Crippen LogP contribution is 2.49. The molecule has 2 aliphatic rings. The highest BCUT2D eigenvalue weighted by Gasteiger charge is 2.53. The summed E-state index contributed by atoms with van der Waals surface area (Å²) in [5, 5.41) is 3.92. The van der Waals surface area contributed by atoms with E-state index in [1.165, 1.54) is 26.0 Å². The summed E-state index contributed by atoms with van der Waals surface area (Å²) in [6.45, 7) is 3.87. The van der Waals surface area contributed by atoms with Gasteiger partial charge in [0.1, 0.15) is 0 Å². The van der Waals surface area contributed by atoms with Crippen LogP contribution in [0.3, 0.4) is 0 Å². The predicted octanol–water partition coefficient (Wildman–Crippen LogP) is 3.90. The van der Waals surface area contributed by atoms with Crippen molar-refractivity contribution in [3.8, 4) is 0 Å². The summed E-state index contributed by atoms with van der Waals surface area (Å²) < 4.78 is 102. The molecule has 2 aromatic carbocycles. The number of halogens is 2. The molecule has 4 aromatic rings. The third-order valence-electron chi connectivity index (χ3n) is 7.20. The van der Waals surface area contributed by atoms with E-state index in [1.54, 1.807) is 6.07 Å². The summed E-state index contributed by atoms with van der Waals surface area (Å²) in [5.74, 6) is 0.0551. The first kappa shape index (κ1) is 22.4. The van der Waals surface area contributed by atoms with Gasteiger partial charge in [-0.1, -0.05) is 17.7 Å². The van der Waals surface area contributed by atoms with Gasteiger partial charge in [0.15, 0.2) is 21.5 Å². The summed E-state index contributed by atoms with van der Waals surface area (Å²) >= 11 is 6.62. The number of hydrogen-bond acceptors (Lipinski definition) is 9. The Balaban J connectivity index is 1.49. The molecular formula is C26H26ClFN6O4S2. The number of sulfone groups is 1. The largest absolute Gasteiger partial charge is 0.345 e. The van der Waals surface area contributed by atoms with Crippen LogP contribution in [0, 0.1) is 5.82 Å². The third kappa shape index (κ3) is 4.31. The van der Waals surface area contributed by atoms with E-state index in [0.717, 1.165) is 25.2 Å². The molecule has 2 aromatic heterocycles. The zero-order valence-corrected chi connectivity index (χ0v) is 23.8. The second kappa shape index (κ2) is 9.38. The quantitative estimate of drug-likeness (QED) is 0.321. The number of nitrogens with zero attached hydrogens (tertiary/aromatic N) is 6. The topological polar surface area (TPSA) is 118 Å². The van der Waals surface area contributed by atoms with E-state index < -0.39 is 70.4 Å². The van der Waals surface area contributed by atoms with Gasteiger partial charge in [0.2, 0.25) is 5.95 Å². The highest BCUT2D eigenvalue weighted by atomic mass is 35.5. The van der Waals surface area contributed by atoms with Crippen LogP contribution in [0.1, 0.15) is 32.2 Å². The lowest BCUT2D eigenvalue weighted by atomic mass is 10.1. The normalized spacial score (nSPS) is 18.6. The van der Waals surface area contributed by atoms with Crippen LogP contribution < -0.4 is 9.80 Å². The van der Waals surface area contributed by atoms with Crippen molar-refractivity contribution in [1.29, 1.82) is 0 Å². The maximum absolute atomic E-state index is 14.2. The van der Waals surface area contributed by atoms with Gasteiger partial charge in [-0.15, -0.1) is 5.10 Å². The van der Waals surface area contributed by atoms with E-state index >= 15 is 0 Å². The summed E-state index contributed by atoms with van der Waals surface area (Å²) in [4.78, 5) is 10.2. The van der Waals surface area contributed by atoms with Crippen LogP contribution in [0.15, 0.2) is 64.6 Å². The Morgan fingerprint density at radius 3 is 2.30 bits per heavy atom. The number of fused-ring (bicyclic) bond motifs is 1. The summed E-state index contributed by atoms with van der Waals surface area (Å²) in [6.07, 6.45) is 3.65. The van der Waals surface area contributed by atoms with Crippen LogP contribution in [-0.4, -0.2) is 66.4 Å². The molecule has 1 spiro atoms. The van der Waals surface area contributed by atoms with Gasteiger partial charge < -0.3 is 9.80 Å². The Labute approximate surface area is 242 Å². The lowest BCUT2D eigenvalue weighted by molar-refractivity contribution is 0.497. The lowest BCUT2D eigenvalue weighted by Crippen LogP contribution is -2.56. The molecule has 3 heterocycles. The molecular weight excluding hydrogens is 579 g/mol. The Hall–Kier alpha value is -3.29. The van der Waals surface area contributed by atoms with Crippen LogP contribution in [0.25, 0.3) is 10.9 Å². The van der Waals surface area contributed by atoms with E-state index in [-0.39, 0.29) is 16.4 Å². The van der Waals surface area contributed by atoms with Gasteiger partial charge >= 0.3 is 0 Å². The van der Waals surface area contributed by atoms with Gasteiger partial charge in [-0.2, -0.15) is 12.5 Å². The molecule has 1 aliphatic carbocycles. The predicted molar refractivity (Wildman–Crippen MR) is 150 cm³/mol. The number of rotatable bonds is 6. The molecule has 2 fully saturated rings. The van der Waals surface area contributed by atoms with Crippen LogP contribution in [-0.2, 0) is 19.9 Å². The van der Waals surface area contributed by atoms with Crippen molar-refractivity contribution in [1.82, 2.24) is 19.2 Å². The van der Waals surface area contributed by atoms with E-state index in [1.807, 2.05) is 9.80 Å². The van der Waals surface area contributed by atoms with Crippen LogP contribution >= 0.6 is 11.6 Å². The summed E-state index contributed by atoms with van der Waals surface area (Å²) in [6, 6.07) is 0.550. The Morgan fingerprint density at radius 1 is 1.02 bits per heavy atom. The Bertz CT molecular complexity index is 2030. The smallest absolute Gasteiger partial charge is 0.283 e. The number of hydrogen-bond donors (Lipinski definition) is 0. The van der Waals surface area contributed by atoms with E-state index in [4.69, 9.17) is 17.1 Å². The fraction of sp³-hybridized carbons (Fsp3) is 0.346. The van der Waals surface area contributed by atoms with Crippen molar-refractivity contribution in [2.75, 3.05) is 29.4 Å². The van der Waals surface area contributed by atoms with Crippen LogP contribution in [0.2, 0.25) is 5.02 Å². The molecule has 1 saturated carbocycles. The Kier molecular flexibility index (Phi) is 5.26. The third-order valence-corrected chi connectivity index (χ3v) is 11.0. The van der Waals surface area contributed by atoms with E-state index in [9.17, 15) is 21.2 Å². The molecule has 1 aliphatic heterocycles. The number of benzene rings is 2. The standard InChI is InChI=1S/C26H26ClFN6O4S2/c1-17(2)39(35,36)19-6-8-20(9-7-19)40(37,38)34-22-5-3-4-21(27)23(22)24(31-34)33-13-12-32(16-26(33)10-11-26)25-29-14-18(28)15-30-25/h3-9,14-15,17H,10-13,16H2,1-2H3/i6D,7D,8D,9D. The fourth-order valence-electron chi connectivity index (χ4n) is 4.86. The SMILES string of the molecule is [2H]c1c([2H])c(S(=O)(=O)n2nc(N3CCN(c4ncc(F)cn4)CC34CC4)c3c(Cl)cccc32)c([2H])c([2H])c1S(=O)(=O)C(C)C. The lowest BCUT2D eigenvalue weighted by Gasteiger charge is -2.42.